The molecule has 0 bridgehead atoms. The van der Waals surface area contributed by atoms with Gasteiger partial charge in [0.25, 0.3) is 0 Å². The predicted molar refractivity (Wildman–Crippen MR) is 67.6 cm³/mol. The Morgan fingerprint density at radius 2 is 2.12 bits per heavy atom. The van der Waals surface area contributed by atoms with E-state index in [0.717, 1.165) is 5.82 Å². The van der Waals surface area contributed by atoms with Gasteiger partial charge in [-0.2, -0.15) is 5.10 Å². The van der Waals surface area contributed by atoms with E-state index in [1.54, 1.807) is 11.0 Å². The van der Waals surface area contributed by atoms with E-state index in [-0.39, 0.29) is 6.04 Å². The SMILES string of the molecule is Cc1ccc(C(N)Cc2ncnn2C)c(C)c1. The minimum absolute atomic E-state index is 0.0292. The second-order valence-corrected chi connectivity index (χ2v) is 4.47. The van der Waals surface area contributed by atoms with Crippen molar-refractivity contribution < 1.29 is 0 Å². The number of hydrogen-bond acceptors (Lipinski definition) is 3. The molecule has 2 rings (SSSR count). The summed E-state index contributed by atoms with van der Waals surface area (Å²) in [6.45, 7) is 4.18. The molecular formula is C13H18N4. The van der Waals surface area contributed by atoms with Crippen molar-refractivity contribution in [1.29, 1.82) is 0 Å². The van der Waals surface area contributed by atoms with Crippen LogP contribution in [-0.2, 0) is 13.5 Å². The van der Waals surface area contributed by atoms with Gasteiger partial charge in [0.1, 0.15) is 12.2 Å². The average molecular weight is 230 g/mol. The summed E-state index contributed by atoms with van der Waals surface area (Å²) < 4.78 is 1.77. The van der Waals surface area contributed by atoms with Crippen molar-refractivity contribution in [2.75, 3.05) is 0 Å². The van der Waals surface area contributed by atoms with E-state index in [1.165, 1.54) is 16.7 Å². The van der Waals surface area contributed by atoms with E-state index in [1.807, 2.05) is 7.05 Å². The molecule has 0 fully saturated rings. The summed E-state index contributed by atoms with van der Waals surface area (Å²) in [5.41, 5.74) is 9.90. The van der Waals surface area contributed by atoms with Crippen LogP contribution in [-0.4, -0.2) is 14.8 Å². The maximum absolute atomic E-state index is 6.22. The van der Waals surface area contributed by atoms with Crippen molar-refractivity contribution in [3.8, 4) is 0 Å². The quantitative estimate of drug-likeness (QED) is 0.872. The molecule has 1 aromatic heterocycles. The van der Waals surface area contributed by atoms with Crippen molar-refractivity contribution in [3.05, 3.63) is 47.0 Å². The fraction of sp³-hybridized carbons (Fsp3) is 0.385. The van der Waals surface area contributed by atoms with Gasteiger partial charge in [0.2, 0.25) is 0 Å². The van der Waals surface area contributed by atoms with Gasteiger partial charge >= 0.3 is 0 Å². The van der Waals surface area contributed by atoms with Gasteiger partial charge in [0.15, 0.2) is 0 Å². The molecule has 0 aliphatic rings. The summed E-state index contributed by atoms with van der Waals surface area (Å²) in [4.78, 5) is 4.20. The Labute approximate surface area is 101 Å². The molecule has 0 spiro atoms. The Bertz CT molecular complexity index is 516. The second kappa shape index (κ2) is 4.67. The van der Waals surface area contributed by atoms with Gasteiger partial charge in [0.05, 0.1) is 0 Å². The average Bonchev–Trinajstić information content (AvgIpc) is 2.64. The molecule has 0 saturated carbocycles. The van der Waals surface area contributed by atoms with Crippen LogP contribution in [0.5, 0.6) is 0 Å². The van der Waals surface area contributed by atoms with Crippen LogP contribution in [0.3, 0.4) is 0 Å². The van der Waals surface area contributed by atoms with Gasteiger partial charge in [-0.05, 0) is 25.0 Å². The Kier molecular flexibility index (Phi) is 3.24. The van der Waals surface area contributed by atoms with Crippen molar-refractivity contribution >= 4 is 0 Å². The highest BCUT2D eigenvalue weighted by Gasteiger charge is 2.12. The standard InChI is InChI=1S/C13H18N4/c1-9-4-5-11(10(2)6-9)12(14)7-13-15-8-16-17(13)3/h4-6,8,12H,7,14H2,1-3H3. The van der Waals surface area contributed by atoms with Crippen molar-refractivity contribution in [3.63, 3.8) is 0 Å². The van der Waals surface area contributed by atoms with Gasteiger partial charge in [0, 0.05) is 19.5 Å². The van der Waals surface area contributed by atoms with Crippen LogP contribution in [0.15, 0.2) is 24.5 Å². The summed E-state index contributed by atoms with van der Waals surface area (Å²) in [6.07, 6.45) is 2.27. The third kappa shape index (κ3) is 2.53. The first-order valence-corrected chi connectivity index (χ1v) is 5.73. The van der Waals surface area contributed by atoms with Crippen molar-refractivity contribution in [2.24, 2.45) is 12.8 Å². The first-order valence-electron chi connectivity index (χ1n) is 5.73. The third-order valence-corrected chi connectivity index (χ3v) is 3.03. The summed E-state index contributed by atoms with van der Waals surface area (Å²) in [6, 6.07) is 6.33. The Morgan fingerprint density at radius 1 is 1.35 bits per heavy atom. The van der Waals surface area contributed by atoms with Gasteiger partial charge in [-0.1, -0.05) is 23.8 Å². The molecule has 2 N–H and O–H groups in total. The molecule has 1 unspecified atom stereocenters. The molecule has 4 nitrogen and oxygen atoms in total. The molecule has 0 amide bonds. The number of rotatable bonds is 3. The number of nitrogens with zero attached hydrogens (tertiary/aromatic N) is 3. The summed E-state index contributed by atoms with van der Waals surface area (Å²) in [5.74, 6) is 0.914. The number of nitrogens with two attached hydrogens (primary N) is 1. The fourth-order valence-corrected chi connectivity index (χ4v) is 2.05. The second-order valence-electron chi connectivity index (χ2n) is 4.47. The monoisotopic (exact) mass is 230 g/mol. The number of aromatic nitrogens is 3. The smallest absolute Gasteiger partial charge is 0.138 e. The van der Waals surface area contributed by atoms with Gasteiger partial charge in [-0.3, -0.25) is 4.68 Å². The number of hydrogen-bond donors (Lipinski definition) is 1. The lowest BCUT2D eigenvalue weighted by atomic mass is 9.97. The van der Waals surface area contributed by atoms with E-state index < -0.39 is 0 Å². The fourth-order valence-electron chi connectivity index (χ4n) is 2.05. The highest BCUT2D eigenvalue weighted by Crippen LogP contribution is 2.19. The summed E-state index contributed by atoms with van der Waals surface area (Å²) >= 11 is 0. The van der Waals surface area contributed by atoms with Crippen LogP contribution in [0.25, 0.3) is 0 Å². The van der Waals surface area contributed by atoms with E-state index in [2.05, 4.69) is 42.1 Å². The molecule has 1 heterocycles. The Hall–Kier alpha value is -1.68. The van der Waals surface area contributed by atoms with Crippen LogP contribution in [0.4, 0.5) is 0 Å². The zero-order chi connectivity index (χ0) is 12.4. The van der Waals surface area contributed by atoms with Gasteiger partial charge < -0.3 is 5.73 Å². The topological polar surface area (TPSA) is 56.7 Å². The molecule has 4 heteroatoms. The number of aryl methyl sites for hydroxylation is 3. The van der Waals surface area contributed by atoms with Crippen LogP contribution in [0, 0.1) is 13.8 Å². The normalized spacial score (nSPS) is 12.7. The summed E-state index contributed by atoms with van der Waals surface area (Å²) in [5, 5.41) is 4.05. The van der Waals surface area contributed by atoms with Crippen LogP contribution in [0.1, 0.15) is 28.6 Å². The molecular weight excluding hydrogens is 212 g/mol. The lowest BCUT2D eigenvalue weighted by Crippen LogP contribution is -2.17. The molecule has 0 aliphatic carbocycles. The molecule has 2 aromatic rings. The number of benzene rings is 1. The molecule has 1 aromatic carbocycles. The predicted octanol–water partition coefficient (Wildman–Crippen LogP) is 1.67. The van der Waals surface area contributed by atoms with E-state index >= 15 is 0 Å². The van der Waals surface area contributed by atoms with E-state index in [9.17, 15) is 0 Å². The van der Waals surface area contributed by atoms with Crippen molar-refractivity contribution in [1.82, 2.24) is 14.8 Å². The van der Waals surface area contributed by atoms with Gasteiger partial charge in [-0.15, -0.1) is 0 Å². The minimum atomic E-state index is -0.0292. The molecule has 17 heavy (non-hydrogen) atoms. The molecule has 0 saturated heterocycles. The van der Waals surface area contributed by atoms with Crippen LogP contribution < -0.4 is 5.73 Å². The zero-order valence-corrected chi connectivity index (χ0v) is 10.5. The van der Waals surface area contributed by atoms with E-state index in [4.69, 9.17) is 5.73 Å². The Balaban J connectivity index is 2.20. The third-order valence-electron chi connectivity index (χ3n) is 3.03. The summed E-state index contributed by atoms with van der Waals surface area (Å²) in [7, 11) is 1.89. The maximum atomic E-state index is 6.22. The molecule has 0 radical (unpaired) electrons. The first kappa shape index (κ1) is 11.8. The lowest BCUT2D eigenvalue weighted by molar-refractivity contribution is 0.627. The van der Waals surface area contributed by atoms with E-state index in [0.29, 0.717) is 6.42 Å². The molecule has 1 atom stereocenters. The highest BCUT2D eigenvalue weighted by atomic mass is 15.3. The molecule has 90 valence electrons. The highest BCUT2D eigenvalue weighted by molar-refractivity contribution is 5.33. The lowest BCUT2D eigenvalue weighted by Gasteiger charge is -2.14. The Morgan fingerprint density at radius 3 is 2.71 bits per heavy atom. The minimum Gasteiger partial charge on any atom is -0.324 e. The first-order chi connectivity index (χ1) is 8.08. The zero-order valence-electron chi connectivity index (χ0n) is 10.5. The largest absolute Gasteiger partial charge is 0.324 e. The maximum Gasteiger partial charge on any atom is 0.138 e. The van der Waals surface area contributed by atoms with Crippen LogP contribution in [0.2, 0.25) is 0 Å². The van der Waals surface area contributed by atoms with Crippen molar-refractivity contribution in [2.45, 2.75) is 26.3 Å². The van der Waals surface area contributed by atoms with Crippen LogP contribution >= 0.6 is 0 Å². The molecule has 0 aliphatic heterocycles. The van der Waals surface area contributed by atoms with Gasteiger partial charge in [-0.25, -0.2) is 4.98 Å².